The number of aromatic nitrogens is 2. The summed E-state index contributed by atoms with van der Waals surface area (Å²) in [5.41, 5.74) is 1.66. The number of fused-ring (bicyclic) bond motifs is 1. The number of nitrogens with zero attached hydrogens (tertiary/aromatic N) is 3. The summed E-state index contributed by atoms with van der Waals surface area (Å²) in [6, 6.07) is 7.57. The van der Waals surface area contributed by atoms with Crippen LogP contribution in [0.4, 0.5) is 0 Å². The average molecular weight is 415 g/mol. The van der Waals surface area contributed by atoms with Crippen molar-refractivity contribution in [2.75, 3.05) is 6.54 Å². The Balaban J connectivity index is 2.00. The molecule has 2 atom stereocenters. The zero-order chi connectivity index (χ0) is 18.7. The Morgan fingerprint density at radius 3 is 3.04 bits per heavy atom. The van der Waals surface area contributed by atoms with Crippen molar-refractivity contribution >= 4 is 21.8 Å². The minimum Gasteiger partial charge on any atom is -0.353 e. The Morgan fingerprint density at radius 2 is 2.35 bits per heavy atom. The maximum atomic E-state index is 13.4. The van der Waals surface area contributed by atoms with Gasteiger partial charge in [-0.2, -0.15) is 5.26 Å². The average Bonchev–Trinajstić information content (AvgIpc) is 3.23. The quantitative estimate of drug-likeness (QED) is 0.781. The molecule has 1 aliphatic heterocycles. The molecule has 0 aliphatic carbocycles. The number of aryl methyl sites for hydroxylation is 1. The van der Waals surface area contributed by atoms with Gasteiger partial charge in [0.2, 0.25) is 0 Å². The maximum Gasteiger partial charge on any atom is 0.251 e. The number of halogens is 1. The zero-order valence-corrected chi connectivity index (χ0v) is 16.7. The van der Waals surface area contributed by atoms with Crippen molar-refractivity contribution in [1.29, 1.82) is 5.26 Å². The van der Waals surface area contributed by atoms with Crippen LogP contribution in [0.2, 0.25) is 0 Å². The third-order valence-electron chi connectivity index (χ3n) is 5.18. The molecule has 0 bridgehead atoms. The Bertz CT molecular complexity index is 854. The van der Waals surface area contributed by atoms with Gasteiger partial charge in [0, 0.05) is 28.5 Å². The molecule has 1 aliphatic rings. The molecule has 1 amide bonds. The summed E-state index contributed by atoms with van der Waals surface area (Å²) in [7, 11) is 0. The fourth-order valence-corrected chi connectivity index (χ4v) is 4.53. The van der Waals surface area contributed by atoms with E-state index in [0.717, 1.165) is 35.0 Å². The van der Waals surface area contributed by atoms with E-state index in [1.807, 2.05) is 16.8 Å². The van der Waals surface area contributed by atoms with E-state index in [2.05, 4.69) is 46.1 Å². The molecule has 0 spiro atoms. The molecule has 3 rings (SSSR count). The second-order valence-corrected chi connectivity index (χ2v) is 7.88. The first-order chi connectivity index (χ1) is 12.5. The highest BCUT2D eigenvalue weighted by atomic mass is 79.9. The first kappa shape index (κ1) is 18.7. The summed E-state index contributed by atoms with van der Waals surface area (Å²) in [6.45, 7) is 4.97. The van der Waals surface area contributed by atoms with Gasteiger partial charge in [-0.05, 0) is 37.3 Å². The third kappa shape index (κ3) is 3.16. The predicted molar refractivity (Wildman–Crippen MR) is 104 cm³/mol. The molecule has 136 valence electrons. The lowest BCUT2D eigenvalue weighted by molar-refractivity contribution is -0.128. The van der Waals surface area contributed by atoms with Crippen LogP contribution >= 0.6 is 15.9 Å². The first-order valence-electron chi connectivity index (χ1n) is 9.03. The number of hydrogen-bond donors (Lipinski definition) is 1. The van der Waals surface area contributed by atoms with Crippen LogP contribution < -0.4 is 5.32 Å². The normalized spacial score (nSPS) is 19.6. The van der Waals surface area contributed by atoms with Gasteiger partial charge in [-0.15, -0.1) is 0 Å². The van der Waals surface area contributed by atoms with Crippen LogP contribution in [0.15, 0.2) is 35.2 Å². The van der Waals surface area contributed by atoms with Crippen molar-refractivity contribution in [3.8, 4) is 6.07 Å². The van der Waals surface area contributed by atoms with E-state index in [0.29, 0.717) is 24.4 Å². The SMILES string of the molecule is CCCC(C)CNC(=O)C1(c2ccc(C#N)cc2Br)CCc2cncn21. The molecule has 0 saturated carbocycles. The highest BCUT2D eigenvalue weighted by Crippen LogP contribution is 2.41. The van der Waals surface area contributed by atoms with E-state index in [1.165, 1.54) is 0 Å². The Kier molecular flexibility index (Phi) is 5.47. The molecule has 2 heterocycles. The van der Waals surface area contributed by atoms with Crippen molar-refractivity contribution in [3.05, 3.63) is 52.0 Å². The minimum absolute atomic E-state index is 0.0115. The summed E-state index contributed by atoms with van der Waals surface area (Å²) in [5.74, 6) is 0.427. The Labute approximate surface area is 162 Å². The van der Waals surface area contributed by atoms with Crippen molar-refractivity contribution in [3.63, 3.8) is 0 Å². The number of imidazole rings is 1. The second-order valence-electron chi connectivity index (χ2n) is 7.03. The van der Waals surface area contributed by atoms with Gasteiger partial charge in [0.15, 0.2) is 5.54 Å². The van der Waals surface area contributed by atoms with Crippen molar-refractivity contribution in [2.45, 2.75) is 45.1 Å². The smallest absolute Gasteiger partial charge is 0.251 e. The highest BCUT2D eigenvalue weighted by molar-refractivity contribution is 9.10. The standard InChI is InChI=1S/C20H23BrN4O/c1-3-4-14(2)11-24-19(26)20(8-7-16-12-23-13-25(16)20)17-6-5-15(10-22)9-18(17)21/h5-6,9,12-14H,3-4,7-8,11H2,1-2H3,(H,24,26). The number of amides is 1. The van der Waals surface area contributed by atoms with Crippen LogP contribution in [0.25, 0.3) is 0 Å². The zero-order valence-electron chi connectivity index (χ0n) is 15.1. The van der Waals surface area contributed by atoms with E-state index >= 15 is 0 Å². The van der Waals surface area contributed by atoms with Gasteiger partial charge in [-0.3, -0.25) is 4.79 Å². The van der Waals surface area contributed by atoms with E-state index in [9.17, 15) is 4.79 Å². The summed E-state index contributed by atoms with van der Waals surface area (Å²) in [6.07, 6.45) is 7.24. The molecule has 2 aromatic rings. The second kappa shape index (κ2) is 7.63. The van der Waals surface area contributed by atoms with E-state index in [1.54, 1.807) is 18.5 Å². The summed E-state index contributed by atoms with van der Waals surface area (Å²) >= 11 is 3.58. The van der Waals surface area contributed by atoms with Crippen LogP contribution in [0.5, 0.6) is 0 Å². The van der Waals surface area contributed by atoms with Crippen molar-refractivity contribution < 1.29 is 4.79 Å². The maximum absolute atomic E-state index is 13.4. The molecule has 0 saturated heterocycles. The van der Waals surface area contributed by atoms with Crippen molar-refractivity contribution in [1.82, 2.24) is 14.9 Å². The molecule has 0 radical (unpaired) electrons. The molecule has 0 fully saturated rings. The molecular formula is C20H23BrN4O. The van der Waals surface area contributed by atoms with Crippen LogP contribution in [-0.4, -0.2) is 22.0 Å². The highest BCUT2D eigenvalue weighted by Gasteiger charge is 2.47. The van der Waals surface area contributed by atoms with Gasteiger partial charge in [0.1, 0.15) is 0 Å². The fourth-order valence-electron chi connectivity index (χ4n) is 3.82. The van der Waals surface area contributed by atoms with Crippen LogP contribution in [-0.2, 0) is 16.8 Å². The van der Waals surface area contributed by atoms with Crippen LogP contribution in [0, 0.1) is 17.2 Å². The Hall–Kier alpha value is -2.13. The van der Waals surface area contributed by atoms with Gasteiger partial charge >= 0.3 is 0 Å². The number of nitriles is 1. The number of rotatable bonds is 6. The number of nitrogens with one attached hydrogen (secondary N) is 1. The third-order valence-corrected chi connectivity index (χ3v) is 5.84. The van der Waals surface area contributed by atoms with Crippen LogP contribution in [0.3, 0.4) is 0 Å². The lowest BCUT2D eigenvalue weighted by Crippen LogP contribution is -2.48. The molecule has 1 N–H and O–H groups in total. The molecule has 26 heavy (non-hydrogen) atoms. The number of carbonyl (C=O) groups excluding carboxylic acids is 1. The number of carbonyl (C=O) groups is 1. The van der Waals surface area contributed by atoms with Gasteiger partial charge < -0.3 is 9.88 Å². The predicted octanol–water partition coefficient (Wildman–Crippen LogP) is 3.76. The lowest BCUT2D eigenvalue weighted by Gasteiger charge is -2.32. The first-order valence-corrected chi connectivity index (χ1v) is 9.82. The number of benzene rings is 1. The molecule has 6 heteroatoms. The molecule has 1 aromatic heterocycles. The molecular weight excluding hydrogens is 392 g/mol. The lowest BCUT2D eigenvalue weighted by atomic mass is 9.85. The van der Waals surface area contributed by atoms with Gasteiger partial charge in [-0.1, -0.05) is 42.3 Å². The summed E-state index contributed by atoms with van der Waals surface area (Å²) < 4.78 is 2.76. The summed E-state index contributed by atoms with van der Waals surface area (Å²) in [4.78, 5) is 17.6. The molecule has 1 aromatic carbocycles. The van der Waals surface area contributed by atoms with Crippen molar-refractivity contribution in [2.24, 2.45) is 5.92 Å². The summed E-state index contributed by atoms with van der Waals surface area (Å²) in [5, 5.41) is 12.3. The monoisotopic (exact) mass is 414 g/mol. The van der Waals surface area contributed by atoms with Gasteiger partial charge in [0.25, 0.3) is 5.91 Å². The van der Waals surface area contributed by atoms with E-state index < -0.39 is 5.54 Å². The van der Waals surface area contributed by atoms with Gasteiger partial charge in [0.05, 0.1) is 18.0 Å². The molecule has 5 nitrogen and oxygen atoms in total. The largest absolute Gasteiger partial charge is 0.353 e. The van der Waals surface area contributed by atoms with Gasteiger partial charge in [-0.25, -0.2) is 4.98 Å². The van der Waals surface area contributed by atoms with Crippen LogP contribution in [0.1, 0.15) is 49.9 Å². The van der Waals surface area contributed by atoms with E-state index in [-0.39, 0.29) is 5.91 Å². The molecule has 2 unspecified atom stereocenters. The fraction of sp³-hybridized carbons (Fsp3) is 0.450. The number of hydrogen-bond acceptors (Lipinski definition) is 3. The van der Waals surface area contributed by atoms with E-state index in [4.69, 9.17) is 5.26 Å². The Morgan fingerprint density at radius 1 is 1.54 bits per heavy atom. The minimum atomic E-state index is -0.829. The topological polar surface area (TPSA) is 70.7 Å².